The van der Waals surface area contributed by atoms with E-state index in [1.165, 1.54) is 0 Å². The monoisotopic (exact) mass is 385 g/mol. The predicted molar refractivity (Wildman–Crippen MR) is 102 cm³/mol. The van der Waals surface area contributed by atoms with Crippen LogP contribution in [0.15, 0.2) is 24.3 Å². The number of ether oxygens (including phenoxy) is 1. The van der Waals surface area contributed by atoms with E-state index < -0.39 is 17.7 Å². The SMILES string of the molecule is CC1CC(C)(C)CC2(C1)NC(=O)N(CC(O)COc1ccc(C#N)cc1)C2=O. The van der Waals surface area contributed by atoms with Gasteiger partial charge in [0.05, 0.1) is 18.2 Å². The molecule has 1 saturated carbocycles. The number of hydrogen-bond donors (Lipinski definition) is 2. The molecular formula is C21H27N3O4. The minimum atomic E-state index is -1.01. The maximum absolute atomic E-state index is 13.1. The normalized spacial score (nSPS) is 27.4. The molecule has 0 bridgehead atoms. The van der Waals surface area contributed by atoms with E-state index in [-0.39, 0.29) is 24.5 Å². The number of hydrogen-bond acceptors (Lipinski definition) is 5. The highest BCUT2D eigenvalue weighted by molar-refractivity contribution is 6.07. The Hall–Kier alpha value is -2.59. The minimum absolute atomic E-state index is 0.0338. The van der Waals surface area contributed by atoms with Crippen molar-refractivity contribution in [3.05, 3.63) is 29.8 Å². The highest BCUT2D eigenvalue weighted by Gasteiger charge is 2.56. The van der Waals surface area contributed by atoms with Crippen LogP contribution in [0, 0.1) is 22.7 Å². The third kappa shape index (κ3) is 4.12. The van der Waals surface area contributed by atoms with Gasteiger partial charge in [-0.1, -0.05) is 20.8 Å². The van der Waals surface area contributed by atoms with Gasteiger partial charge in [0, 0.05) is 0 Å². The Morgan fingerprint density at radius 2 is 2.00 bits per heavy atom. The maximum atomic E-state index is 13.1. The lowest BCUT2D eigenvalue weighted by Crippen LogP contribution is -2.54. The first kappa shape index (κ1) is 20.2. The number of nitrogens with one attached hydrogen (secondary N) is 1. The number of benzene rings is 1. The van der Waals surface area contributed by atoms with Crippen molar-refractivity contribution in [3.8, 4) is 11.8 Å². The van der Waals surface area contributed by atoms with E-state index in [2.05, 4.69) is 26.1 Å². The molecule has 1 heterocycles. The van der Waals surface area contributed by atoms with Crippen LogP contribution in [0.1, 0.15) is 45.6 Å². The molecule has 3 atom stereocenters. The average Bonchev–Trinajstić information content (AvgIpc) is 2.82. The van der Waals surface area contributed by atoms with Crippen molar-refractivity contribution in [1.29, 1.82) is 5.26 Å². The molecule has 1 aliphatic carbocycles. The van der Waals surface area contributed by atoms with Crippen molar-refractivity contribution in [1.82, 2.24) is 10.2 Å². The summed E-state index contributed by atoms with van der Waals surface area (Å²) in [5.74, 6) is 0.585. The van der Waals surface area contributed by atoms with Gasteiger partial charge in [-0.25, -0.2) is 4.79 Å². The van der Waals surface area contributed by atoms with Crippen molar-refractivity contribution >= 4 is 11.9 Å². The molecule has 150 valence electrons. The number of carbonyl (C=O) groups excluding carboxylic acids is 2. The molecule has 2 N–H and O–H groups in total. The van der Waals surface area contributed by atoms with Gasteiger partial charge in [-0.2, -0.15) is 5.26 Å². The maximum Gasteiger partial charge on any atom is 0.325 e. The van der Waals surface area contributed by atoms with Crippen LogP contribution in [0.4, 0.5) is 4.79 Å². The van der Waals surface area contributed by atoms with Gasteiger partial charge in [0.2, 0.25) is 0 Å². The molecule has 1 aromatic rings. The second-order valence-electron chi connectivity index (χ2n) is 8.88. The Morgan fingerprint density at radius 1 is 1.32 bits per heavy atom. The van der Waals surface area contributed by atoms with Crippen LogP contribution < -0.4 is 10.1 Å². The summed E-state index contributed by atoms with van der Waals surface area (Å²) in [4.78, 5) is 26.6. The van der Waals surface area contributed by atoms with E-state index in [9.17, 15) is 14.7 Å². The number of aliphatic hydroxyl groups is 1. The summed E-state index contributed by atoms with van der Waals surface area (Å²) in [5.41, 5.74) is -0.387. The van der Waals surface area contributed by atoms with Crippen LogP contribution in [0.3, 0.4) is 0 Å². The van der Waals surface area contributed by atoms with Crippen molar-refractivity contribution < 1.29 is 19.4 Å². The zero-order chi connectivity index (χ0) is 20.5. The Balaban J connectivity index is 1.61. The summed E-state index contributed by atoms with van der Waals surface area (Å²) < 4.78 is 5.51. The molecular weight excluding hydrogens is 358 g/mol. The highest BCUT2D eigenvalue weighted by Crippen LogP contribution is 2.46. The quantitative estimate of drug-likeness (QED) is 0.758. The molecule has 1 aliphatic heterocycles. The lowest BCUT2D eigenvalue weighted by molar-refractivity contribution is -0.135. The fourth-order valence-electron chi connectivity index (χ4n) is 4.75. The van der Waals surface area contributed by atoms with Crippen molar-refractivity contribution in [2.75, 3.05) is 13.2 Å². The first-order chi connectivity index (χ1) is 13.1. The van der Waals surface area contributed by atoms with Gasteiger partial charge in [-0.3, -0.25) is 9.69 Å². The lowest BCUT2D eigenvalue weighted by Gasteiger charge is -2.43. The number of urea groups is 1. The van der Waals surface area contributed by atoms with Gasteiger partial charge in [-0.15, -0.1) is 0 Å². The van der Waals surface area contributed by atoms with Gasteiger partial charge >= 0.3 is 6.03 Å². The summed E-state index contributed by atoms with van der Waals surface area (Å²) in [7, 11) is 0. The topological polar surface area (TPSA) is 103 Å². The minimum Gasteiger partial charge on any atom is -0.491 e. The van der Waals surface area contributed by atoms with Crippen LogP contribution in [0.5, 0.6) is 5.75 Å². The van der Waals surface area contributed by atoms with E-state index in [4.69, 9.17) is 10.00 Å². The third-order valence-corrected chi connectivity index (χ3v) is 5.44. The molecule has 7 heteroatoms. The number of amides is 3. The Labute approximate surface area is 165 Å². The largest absolute Gasteiger partial charge is 0.491 e. The molecule has 3 unspecified atom stereocenters. The van der Waals surface area contributed by atoms with Crippen LogP contribution >= 0.6 is 0 Å². The molecule has 2 aliphatic rings. The second kappa shape index (κ2) is 7.44. The van der Waals surface area contributed by atoms with Crippen LogP contribution in [0.2, 0.25) is 0 Å². The molecule has 3 amide bonds. The number of imide groups is 1. The van der Waals surface area contributed by atoms with Gasteiger partial charge in [0.1, 0.15) is 24.0 Å². The van der Waals surface area contributed by atoms with Crippen molar-refractivity contribution in [2.24, 2.45) is 11.3 Å². The lowest BCUT2D eigenvalue weighted by atomic mass is 9.64. The van der Waals surface area contributed by atoms with Gasteiger partial charge in [0.15, 0.2) is 0 Å². The fourth-order valence-corrected chi connectivity index (χ4v) is 4.75. The Bertz CT molecular complexity index is 799. The summed E-state index contributed by atoms with van der Waals surface area (Å²) in [6.45, 7) is 6.17. The number of β-amino-alcohol motifs (C(OH)–C–C–N with tert-alkyl or cyclic N) is 1. The average molecular weight is 385 g/mol. The first-order valence-electron chi connectivity index (χ1n) is 9.59. The van der Waals surface area contributed by atoms with Gasteiger partial charge < -0.3 is 15.2 Å². The van der Waals surface area contributed by atoms with E-state index in [1.54, 1.807) is 24.3 Å². The number of aliphatic hydroxyl groups excluding tert-OH is 1. The fraction of sp³-hybridized carbons (Fsp3) is 0.571. The summed E-state index contributed by atoms with van der Waals surface area (Å²) in [6, 6.07) is 8.09. The standard InChI is InChI=1S/C21H27N3O4/c1-14-8-20(2,3)13-21(9-14)18(26)24(19(27)23-21)11-16(25)12-28-17-6-4-15(10-22)5-7-17/h4-7,14,16,25H,8-9,11-13H2,1-3H3,(H,23,27). The zero-order valence-corrected chi connectivity index (χ0v) is 16.6. The molecule has 1 spiro atoms. The molecule has 28 heavy (non-hydrogen) atoms. The van der Waals surface area contributed by atoms with Crippen LogP contribution in [-0.2, 0) is 4.79 Å². The number of rotatable bonds is 5. The highest BCUT2D eigenvalue weighted by atomic mass is 16.5. The molecule has 3 rings (SSSR count). The third-order valence-electron chi connectivity index (χ3n) is 5.44. The van der Waals surface area contributed by atoms with E-state index in [0.717, 1.165) is 11.3 Å². The van der Waals surface area contributed by atoms with Gasteiger partial charge in [0.25, 0.3) is 5.91 Å². The Kier molecular flexibility index (Phi) is 5.35. The summed E-state index contributed by atoms with van der Waals surface area (Å²) in [6.07, 6.45) is 1.23. The molecule has 0 radical (unpaired) electrons. The smallest absolute Gasteiger partial charge is 0.325 e. The molecule has 7 nitrogen and oxygen atoms in total. The first-order valence-corrected chi connectivity index (χ1v) is 9.59. The summed E-state index contributed by atoms with van der Waals surface area (Å²) >= 11 is 0. The molecule has 1 aromatic carbocycles. The van der Waals surface area contributed by atoms with E-state index in [1.807, 2.05) is 6.07 Å². The molecule has 1 saturated heterocycles. The zero-order valence-electron chi connectivity index (χ0n) is 16.6. The Morgan fingerprint density at radius 3 is 2.61 bits per heavy atom. The van der Waals surface area contributed by atoms with Crippen LogP contribution in [-0.4, -0.2) is 46.7 Å². The van der Waals surface area contributed by atoms with Crippen molar-refractivity contribution in [2.45, 2.75) is 51.7 Å². The van der Waals surface area contributed by atoms with E-state index in [0.29, 0.717) is 30.1 Å². The number of nitrogens with zero attached hydrogens (tertiary/aromatic N) is 2. The second-order valence-corrected chi connectivity index (χ2v) is 8.88. The van der Waals surface area contributed by atoms with Gasteiger partial charge in [-0.05, 0) is 54.9 Å². The molecule has 2 fully saturated rings. The van der Waals surface area contributed by atoms with Crippen molar-refractivity contribution in [3.63, 3.8) is 0 Å². The predicted octanol–water partition coefficient (Wildman–Crippen LogP) is 2.43. The van der Waals surface area contributed by atoms with Crippen LogP contribution in [0.25, 0.3) is 0 Å². The number of carbonyl (C=O) groups is 2. The van der Waals surface area contributed by atoms with E-state index >= 15 is 0 Å². The molecule has 0 aromatic heterocycles. The number of nitriles is 1. The summed E-state index contributed by atoms with van der Waals surface area (Å²) in [5, 5.41) is 22.0.